The van der Waals surface area contributed by atoms with Crippen LogP contribution in [-0.2, 0) is 24.4 Å². The van der Waals surface area contributed by atoms with E-state index in [-0.39, 0.29) is 18.3 Å². The van der Waals surface area contributed by atoms with Crippen LogP contribution in [0, 0.1) is 19.7 Å². The molecule has 39 heavy (non-hydrogen) atoms. The first-order valence-electron chi connectivity index (χ1n) is 13.4. The lowest BCUT2D eigenvalue weighted by Gasteiger charge is -2.16. The summed E-state index contributed by atoms with van der Waals surface area (Å²) in [5.74, 6) is 1.12. The Hall–Kier alpha value is -4.12. The van der Waals surface area contributed by atoms with E-state index in [1.165, 1.54) is 23.6 Å². The van der Waals surface area contributed by atoms with E-state index in [0.29, 0.717) is 35.8 Å². The number of nitrogens with one attached hydrogen (secondary N) is 1. The summed E-state index contributed by atoms with van der Waals surface area (Å²) in [6.07, 6.45) is 2.53. The highest BCUT2D eigenvalue weighted by Gasteiger charge is 2.12. The molecule has 202 valence electrons. The molecule has 0 aliphatic carbocycles. The summed E-state index contributed by atoms with van der Waals surface area (Å²) in [5.41, 5.74) is 6.81. The zero-order valence-electron chi connectivity index (χ0n) is 22.9. The molecule has 4 aromatic carbocycles. The molecule has 0 radical (unpaired) electrons. The van der Waals surface area contributed by atoms with Crippen molar-refractivity contribution in [3.8, 4) is 22.6 Å². The maximum absolute atomic E-state index is 14.6. The van der Waals surface area contributed by atoms with E-state index in [1.54, 1.807) is 19.1 Å². The summed E-state index contributed by atoms with van der Waals surface area (Å²) in [7, 11) is 0. The van der Waals surface area contributed by atoms with Crippen LogP contribution in [-0.4, -0.2) is 12.5 Å². The van der Waals surface area contributed by atoms with Crippen LogP contribution in [0.2, 0.25) is 0 Å². The fraction of sp³-hybridized carbons (Fsp3) is 0.265. The number of unbranched alkanes of at least 4 members (excludes halogenated alkanes) is 1. The molecule has 1 amide bonds. The van der Waals surface area contributed by atoms with Crippen molar-refractivity contribution in [3.05, 3.63) is 119 Å². The number of amides is 1. The van der Waals surface area contributed by atoms with E-state index in [2.05, 4.69) is 42.6 Å². The van der Waals surface area contributed by atoms with Gasteiger partial charge in [0.25, 0.3) is 0 Å². The van der Waals surface area contributed by atoms with E-state index in [1.807, 2.05) is 42.5 Å². The fourth-order valence-corrected chi connectivity index (χ4v) is 4.58. The quantitative estimate of drug-likeness (QED) is 0.193. The van der Waals surface area contributed by atoms with Crippen molar-refractivity contribution in [2.24, 2.45) is 0 Å². The Morgan fingerprint density at radius 1 is 0.795 bits per heavy atom. The van der Waals surface area contributed by atoms with Gasteiger partial charge < -0.3 is 14.8 Å². The number of rotatable bonds is 12. The second-order valence-corrected chi connectivity index (χ2v) is 9.79. The number of ether oxygens (including phenoxy) is 2. The average Bonchev–Trinajstić information content (AvgIpc) is 2.94. The molecule has 4 aromatic rings. The molecule has 0 saturated carbocycles. The van der Waals surface area contributed by atoms with Crippen LogP contribution in [0.4, 0.5) is 4.39 Å². The highest BCUT2D eigenvalue weighted by molar-refractivity contribution is 5.72. The van der Waals surface area contributed by atoms with Crippen LogP contribution < -0.4 is 14.8 Å². The lowest BCUT2D eigenvalue weighted by molar-refractivity contribution is -0.118. The number of halogens is 1. The van der Waals surface area contributed by atoms with Crippen molar-refractivity contribution >= 4 is 5.91 Å². The van der Waals surface area contributed by atoms with E-state index >= 15 is 0 Å². The average molecular weight is 526 g/mol. The van der Waals surface area contributed by atoms with Crippen LogP contribution in [0.1, 0.15) is 47.6 Å². The lowest BCUT2D eigenvalue weighted by Crippen LogP contribution is -2.20. The number of benzene rings is 4. The van der Waals surface area contributed by atoms with Gasteiger partial charge in [-0.1, -0.05) is 72.8 Å². The standard InChI is InChI=1S/C34H36FNO3/c1-24-11-9-16-30(34(24)35)23-39-33-21-31(19-18-28(33)14-7-8-20-36-26(3)37)38-22-29-15-10-17-32(25(29)2)27-12-5-4-6-13-27/h4-6,9-13,15-19,21H,7-8,14,20,22-23H2,1-3H3,(H,36,37). The summed E-state index contributed by atoms with van der Waals surface area (Å²) in [6, 6.07) is 27.8. The van der Waals surface area contributed by atoms with E-state index in [4.69, 9.17) is 9.47 Å². The van der Waals surface area contributed by atoms with Gasteiger partial charge in [-0.3, -0.25) is 4.79 Å². The van der Waals surface area contributed by atoms with Crippen molar-refractivity contribution in [3.63, 3.8) is 0 Å². The first-order valence-corrected chi connectivity index (χ1v) is 13.4. The number of hydrogen-bond acceptors (Lipinski definition) is 3. The molecule has 0 aliphatic heterocycles. The van der Waals surface area contributed by atoms with Crippen LogP contribution >= 0.6 is 0 Å². The normalized spacial score (nSPS) is 10.8. The monoisotopic (exact) mass is 525 g/mol. The van der Waals surface area contributed by atoms with E-state index in [0.717, 1.165) is 30.4 Å². The fourth-order valence-electron chi connectivity index (χ4n) is 4.58. The minimum Gasteiger partial charge on any atom is -0.489 e. The third-order valence-electron chi connectivity index (χ3n) is 6.87. The summed E-state index contributed by atoms with van der Waals surface area (Å²) in [4.78, 5) is 11.1. The third-order valence-corrected chi connectivity index (χ3v) is 6.87. The Balaban J connectivity index is 1.49. The molecular weight excluding hydrogens is 489 g/mol. The van der Waals surface area contributed by atoms with Crippen molar-refractivity contribution in [2.45, 2.75) is 53.2 Å². The number of carbonyl (C=O) groups is 1. The second kappa shape index (κ2) is 13.6. The molecule has 0 unspecified atom stereocenters. The molecule has 0 atom stereocenters. The Morgan fingerprint density at radius 2 is 1.54 bits per heavy atom. The predicted molar refractivity (Wildman–Crippen MR) is 154 cm³/mol. The van der Waals surface area contributed by atoms with E-state index < -0.39 is 0 Å². The van der Waals surface area contributed by atoms with Gasteiger partial charge in [0.2, 0.25) is 5.91 Å². The first kappa shape index (κ1) is 27.9. The molecule has 0 bridgehead atoms. The molecule has 0 spiro atoms. The SMILES string of the molecule is CC(=O)NCCCCc1ccc(OCc2cccc(-c3ccccc3)c2C)cc1OCc1cccc(C)c1F. The van der Waals surface area contributed by atoms with E-state index in [9.17, 15) is 9.18 Å². The van der Waals surface area contributed by atoms with Gasteiger partial charge in [0.15, 0.2) is 0 Å². The molecule has 5 heteroatoms. The van der Waals surface area contributed by atoms with Crippen LogP contribution in [0.15, 0.2) is 84.9 Å². The molecule has 0 aromatic heterocycles. The Morgan fingerprint density at radius 3 is 2.33 bits per heavy atom. The van der Waals surface area contributed by atoms with Gasteiger partial charge in [0, 0.05) is 25.1 Å². The molecule has 0 heterocycles. The summed E-state index contributed by atoms with van der Waals surface area (Å²) >= 11 is 0. The van der Waals surface area contributed by atoms with Gasteiger partial charge in [-0.15, -0.1) is 0 Å². The predicted octanol–water partition coefficient (Wildman–Crippen LogP) is 7.73. The molecule has 0 aliphatic rings. The zero-order valence-corrected chi connectivity index (χ0v) is 22.9. The van der Waals surface area contributed by atoms with Crippen molar-refractivity contribution in [1.82, 2.24) is 5.32 Å². The number of hydrogen-bond donors (Lipinski definition) is 1. The van der Waals surface area contributed by atoms with Gasteiger partial charge in [0.1, 0.15) is 30.5 Å². The highest BCUT2D eigenvalue weighted by Crippen LogP contribution is 2.30. The van der Waals surface area contributed by atoms with Gasteiger partial charge in [-0.05, 0) is 72.6 Å². The van der Waals surface area contributed by atoms with Crippen molar-refractivity contribution in [2.75, 3.05) is 6.54 Å². The maximum atomic E-state index is 14.6. The molecule has 0 fully saturated rings. The molecule has 4 rings (SSSR count). The minimum atomic E-state index is -0.240. The van der Waals surface area contributed by atoms with Gasteiger partial charge in [-0.25, -0.2) is 4.39 Å². The second-order valence-electron chi connectivity index (χ2n) is 9.79. The Bertz CT molecular complexity index is 1400. The van der Waals surface area contributed by atoms with Crippen LogP contribution in [0.25, 0.3) is 11.1 Å². The van der Waals surface area contributed by atoms with Crippen LogP contribution in [0.3, 0.4) is 0 Å². The third kappa shape index (κ3) is 7.70. The highest BCUT2D eigenvalue weighted by atomic mass is 19.1. The smallest absolute Gasteiger partial charge is 0.216 e. The lowest BCUT2D eigenvalue weighted by atomic mass is 9.97. The zero-order chi connectivity index (χ0) is 27.6. The van der Waals surface area contributed by atoms with Gasteiger partial charge >= 0.3 is 0 Å². The summed E-state index contributed by atoms with van der Waals surface area (Å²) < 4.78 is 27.0. The number of carbonyl (C=O) groups excluding carboxylic acids is 1. The first-order chi connectivity index (χ1) is 18.9. The topological polar surface area (TPSA) is 47.6 Å². The molecule has 4 nitrogen and oxygen atoms in total. The maximum Gasteiger partial charge on any atom is 0.216 e. The number of aryl methyl sites for hydroxylation is 2. The minimum absolute atomic E-state index is 0.0229. The summed E-state index contributed by atoms with van der Waals surface area (Å²) in [5, 5.41) is 2.83. The molecule has 1 N–H and O–H groups in total. The van der Waals surface area contributed by atoms with Crippen molar-refractivity contribution in [1.29, 1.82) is 0 Å². The Labute approximate surface area is 230 Å². The van der Waals surface area contributed by atoms with Crippen LogP contribution in [0.5, 0.6) is 11.5 Å². The molecular formula is C34H36FNO3. The van der Waals surface area contributed by atoms with Crippen molar-refractivity contribution < 1.29 is 18.7 Å². The van der Waals surface area contributed by atoms with Gasteiger partial charge in [-0.2, -0.15) is 0 Å². The largest absolute Gasteiger partial charge is 0.489 e. The summed E-state index contributed by atoms with van der Waals surface area (Å²) in [6.45, 7) is 6.60. The Kier molecular flexibility index (Phi) is 9.74. The molecule has 0 saturated heterocycles. The van der Waals surface area contributed by atoms with Gasteiger partial charge in [0.05, 0.1) is 0 Å².